The molecule has 0 saturated carbocycles. The van der Waals surface area contributed by atoms with Crippen molar-refractivity contribution in [2.24, 2.45) is 0 Å². The third-order valence-electron chi connectivity index (χ3n) is 4.48. The molecule has 5 nitrogen and oxygen atoms in total. The minimum Gasteiger partial charge on any atom is -0.340 e. The number of carbonyl (C=O) groups is 1. The molecule has 5 heteroatoms. The van der Waals surface area contributed by atoms with E-state index in [1.54, 1.807) is 0 Å². The molecule has 0 aliphatic carbocycles. The number of anilines is 3. The van der Waals surface area contributed by atoms with E-state index in [1.165, 1.54) is 6.33 Å². The fourth-order valence-corrected chi connectivity index (χ4v) is 3.13. The van der Waals surface area contributed by atoms with E-state index in [-0.39, 0.29) is 5.91 Å². The van der Waals surface area contributed by atoms with E-state index >= 15 is 0 Å². The smallest absolute Gasteiger partial charge is 0.228 e. The van der Waals surface area contributed by atoms with Crippen LogP contribution in [-0.2, 0) is 11.2 Å². The van der Waals surface area contributed by atoms with E-state index < -0.39 is 0 Å². The lowest BCUT2D eigenvalue weighted by Crippen LogP contribution is -2.14. The summed E-state index contributed by atoms with van der Waals surface area (Å²) in [5.41, 5.74) is 3.57. The average molecular weight is 368 g/mol. The summed E-state index contributed by atoms with van der Waals surface area (Å²) in [6, 6.07) is 23.6. The Bertz CT molecular complexity index is 1120. The van der Waals surface area contributed by atoms with Gasteiger partial charge in [-0.15, -0.1) is 0 Å². The van der Waals surface area contributed by atoms with Gasteiger partial charge in [-0.2, -0.15) is 0 Å². The molecule has 1 heterocycles. The maximum absolute atomic E-state index is 12.5. The lowest BCUT2D eigenvalue weighted by Gasteiger charge is -2.10. The number of hydrogen-bond donors (Lipinski definition) is 2. The topological polar surface area (TPSA) is 66.9 Å². The van der Waals surface area contributed by atoms with Crippen molar-refractivity contribution < 1.29 is 4.79 Å². The molecular formula is C23H20N4O. The summed E-state index contributed by atoms with van der Waals surface area (Å²) in [5.74, 6) is 0.698. The number of nitrogens with one attached hydrogen (secondary N) is 2. The summed E-state index contributed by atoms with van der Waals surface area (Å²) in [4.78, 5) is 20.8. The number of nitrogens with zero attached hydrogens (tertiary/aromatic N) is 2. The van der Waals surface area contributed by atoms with Gasteiger partial charge < -0.3 is 10.6 Å². The van der Waals surface area contributed by atoms with E-state index in [9.17, 15) is 4.79 Å². The van der Waals surface area contributed by atoms with Crippen LogP contribution in [0.3, 0.4) is 0 Å². The van der Waals surface area contributed by atoms with Crippen molar-refractivity contribution in [3.8, 4) is 0 Å². The summed E-state index contributed by atoms with van der Waals surface area (Å²) in [6.45, 7) is 1.92. The third kappa shape index (κ3) is 4.15. The number of fused-ring (bicyclic) bond motifs is 1. The first kappa shape index (κ1) is 17.7. The molecule has 0 fully saturated rings. The molecule has 2 N–H and O–H groups in total. The second-order valence-electron chi connectivity index (χ2n) is 6.61. The molecule has 0 spiro atoms. The van der Waals surface area contributed by atoms with Gasteiger partial charge in [-0.25, -0.2) is 9.97 Å². The maximum atomic E-state index is 12.5. The van der Waals surface area contributed by atoms with Crippen LogP contribution in [0.5, 0.6) is 0 Å². The number of aromatic nitrogens is 2. The first-order valence-electron chi connectivity index (χ1n) is 9.09. The van der Waals surface area contributed by atoms with Crippen molar-refractivity contribution in [3.63, 3.8) is 0 Å². The number of rotatable bonds is 5. The molecule has 0 saturated heterocycles. The zero-order valence-corrected chi connectivity index (χ0v) is 15.5. The Balaban J connectivity index is 1.42. The van der Waals surface area contributed by atoms with Gasteiger partial charge in [0.15, 0.2) is 0 Å². The molecule has 138 valence electrons. The Morgan fingerprint density at radius 1 is 0.893 bits per heavy atom. The molecule has 0 radical (unpaired) electrons. The van der Waals surface area contributed by atoms with Crippen molar-refractivity contribution in [2.75, 3.05) is 10.6 Å². The molecule has 4 aromatic rings. The van der Waals surface area contributed by atoms with Gasteiger partial charge in [0, 0.05) is 23.1 Å². The second-order valence-corrected chi connectivity index (χ2v) is 6.61. The van der Waals surface area contributed by atoms with E-state index in [1.807, 2.05) is 67.6 Å². The minimum absolute atomic E-state index is 0.0384. The molecule has 0 aliphatic rings. The highest BCUT2D eigenvalue weighted by atomic mass is 16.1. The van der Waals surface area contributed by atoms with Crippen LogP contribution in [0.1, 0.15) is 11.3 Å². The van der Waals surface area contributed by atoms with Crippen molar-refractivity contribution in [2.45, 2.75) is 13.3 Å². The van der Waals surface area contributed by atoms with Crippen LogP contribution in [-0.4, -0.2) is 15.9 Å². The normalized spacial score (nSPS) is 10.6. The molecule has 28 heavy (non-hydrogen) atoms. The van der Waals surface area contributed by atoms with Crippen LogP contribution in [0.15, 0.2) is 79.1 Å². The van der Waals surface area contributed by atoms with Crippen molar-refractivity contribution in [1.82, 2.24) is 9.97 Å². The van der Waals surface area contributed by atoms with Gasteiger partial charge in [0.1, 0.15) is 12.1 Å². The van der Waals surface area contributed by atoms with Crippen molar-refractivity contribution in [3.05, 3.63) is 90.4 Å². The van der Waals surface area contributed by atoms with Crippen LogP contribution in [0.2, 0.25) is 0 Å². The largest absolute Gasteiger partial charge is 0.340 e. The Morgan fingerprint density at radius 2 is 1.64 bits per heavy atom. The molecule has 3 aromatic carbocycles. The van der Waals surface area contributed by atoms with Crippen LogP contribution >= 0.6 is 0 Å². The molecule has 0 atom stereocenters. The van der Waals surface area contributed by atoms with Crippen molar-refractivity contribution >= 4 is 33.9 Å². The van der Waals surface area contributed by atoms with Gasteiger partial charge >= 0.3 is 0 Å². The van der Waals surface area contributed by atoms with Gasteiger partial charge in [0.2, 0.25) is 5.91 Å². The predicted molar refractivity (Wildman–Crippen MR) is 113 cm³/mol. The number of hydrogen-bond acceptors (Lipinski definition) is 4. The Labute approximate surface area is 163 Å². The van der Waals surface area contributed by atoms with Gasteiger partial charge in [-0.3, -0.25) is 4.79 Å². The molecule has 0 unspecified atom stereocenters. The molecule has 0 aliphatic heterocycles. The van der Waals surface area contributed by atoms with Crippen LogP contribution in [0, 0.1) is 6.92 Å². The first-order valence-corrected chi connectivity index (χ1v) is 9.09. The number of benzene rings is 3. The standard InChI is InChI=1S/C23H20N4O/c1-16-13-22(25-15-24-16)26-19-9-11-20(12-10-19)27-23(28)14-18-7-4-6-17-5-2-3-8-21(17)18/h2-13,15H,14H2,1H3,(H,27,28)(H,24,25,26). The summed E-state index contributed by atoms with van der Waals surface area (Å²) in [6.07, 6.45) is 1.86. The summed E-state index contributed by atoms with van der Waals surface area (Å²) in [5, 5.41) is 8.44. The predicted octanol–water partition coefficient (Wildman–Crippen LogP) is 4.86. The molecule has 1 amide bonds. The zero-order valence-electron chi connectivity index (χ0n) is 15.5. The maximum Gasteiger partial charge on any atom is 0.228 e. The second kappa shape index (κ2) is 7.88. The SMILES string of the molecule is Cc1cc(Nc2ccc(NC(=O)Cc3cccc4ccccc34)cc2)ncn1. The van der Waals surface area contributed by atoms with Gasteiger partial charge in [-0.05, 0) is 47.5 Å². The van der Waals surface area contributed by atoms with Gasteiger partial charge in [-0.1, -0.05) is 42.5 Å². The molecule has 4 rings (SSSR count). The quantitative estimate of drug-likeness (QED) is 0.528. The molecule has 1 aromatic heterocycles. The lowest BCUT2D eigenvalue weighted by molar-refractivity contribution is -0.115. The molecular weight excluding hydrogens is 348 g/mol. The Kier molecular flexibility index (Phi) is 4.97. The van der Waals surface area contributed by atoms with Gasteiger partial charge in [0.25, 0.3) is 0 Å². The highest BCUT2D eigenvalue weighted by Crippen LogP contribution is 2.21. The van der Waals surface area contributed by atoms with Crippen LogP contribution in [0.4, 0.5) is 17.2 Å². The highest BCUT2D eigenvalue weighted by molar-refractivity contribution is 5.96. The third-order valence-corrected chi connectivity index (χ3v) is 4.48. The van der Waals surface area contributed by atoms with Gasteiger partial charge in [0.05, 0.1) is 6.42 Å². The highest BCUT2D eigenvalue weighted by Gasteiger charge is 2.07. The van der Waals surface area contributed by atoms with E-state index in [0.717, 1.165) is 39.2 Å². The van der Waals surface area contributed by atoms with E-state index in [0.29, 0.717) is 6.42 Å². The van der Waals surface area contributed by atoms with Crippen LogP contribution in [0.25, 0.3) is 10.8 Å². The van der Waals surface area contributed by atoms with E-state index in [2.05, 4.69) is 32.7 Å². The molecule has 0 bridgehead atoms. The Hall–Kier alpha value is -3.73. The number of amides is 1. The minimum atomic E-state index is -0.0384. The zero-order chi connectivity index (χ0) is 19.3. The van der Waals surface area contributed by atoms with Crippen molar-refractivity contribution in [1.29, 1.82) is 0 Å². The first-order chi connectivity index (χ1) is 13.7. The lowest BCUT2D eigenvalue weighted by atomic mass is 10.0. The summed E-state index contributed by atoms with van der Waals surface area (Å²) < 4.78 is 0. The fraction of sp³-hybridized carbons (Fsp3) is 0.0870. The summed E-state index contributed by atoms with van der Waals surface area (Å²) in [7, 11) is 0. The fourth-order valence-electron chi connectivity index (χ4n) is 3.13. The van der Waals surface area contributed by atoms with Crippen LogP contribution < -0.4 is 10.6 Å². The number of aryl methyl sites for hydroxylation is 1. The number of carbonyl (C=O) groups excluding carboxylic acids is 1. The Morgan fingerprint density at radius 3 is 2.46 bits per heavy atom. The average Bonchev–Trinajstić information content (AvgIpc) is 2.70. The monoisotopic (exact) mass is 368 g/mol. The van der Waals surface area contributed by atoms with E-state index in [4.69, 9.17) is 0 Å². The summed E-state index contributed by atoms with van der Waals surface area (Å²) >= 11 is 0.